The maximum atomic E-state index is 15.0. The molecule has 0 bridgehead atoms. The second-order valence-corrected chi connectivity index (χ2v) is 15.0. The summed E-state index contributed by atoms with van der Waals surface area (Å²) in [6.07, 6.45) is 3.72. The van der Waals surface area contributed by atoms with E-state index in [9.17, 15) is 14.7 Å². The number of aliphatic hydroxyl groups excluding tert-OH is 1. The van der Waals surface area contributed by atoms with Crippen molar-refractivity contribution in [3.05, 3.63) is 89.5 Å². The van der Waals surface area contributed by atoms with E-state index in [0.29, 0.717) is 19.5 Å². The van der Waals surface area contributed by atoms with E-state index in [1.807, 2.05) is 70.5 Å². The largest absolute Gasteiger partial charge is 0.497 e. The van der Waals surface area contributed by atoms with Crippen LogP contribution in [0.2, 0.25) is 0 Å². The van der Waals surface area contributed by atoms with Crippen molar-refractivity contribution in [2.45, 2.75) is 89.0 Å². The molecule has 4 aliphatic heterocycles. The number of para-hydroxylation sites is 1. The minimum absolute atomic E-state index is 0.0470. The molecule has 1 N–H and O–H groups in total. The minimum atomic E-state index is -1.28. The quantitative estimate of drug-likeness (QED) is 0.300. The summed E-state index contributed by atoms with van der Waals surface area (Å²) in [7, 11) is 1.65. The van der Waals surface area contributed by atoms with Crippen LogP contribution in [0.15, 0.2) is 72.8 Å². The fraction of sp³-hybridized carbons (Fsp3) is 0.488. The first kappa shape index (κ1) is 34.2. The van der Waals surface area contributed by atoms with Crippen LogP contribution in [-0.4, -0.2) is 66.7 Å². The molecule has 3 aromatic carbocycles. The summed E-state index contributed by atoms with van der Waals surface area (Å²) < 4.78 is 12.6. The van der Waals surface area contributed by atoms with Gasteiger partial charge in [0.2, 0.25) is 11.8 Å². The molecular weight excluding hydrogens is 630 g/mol. The minimum Gasteiger partial charge on any atom is -0.497 e. The van der Waals surface area contributed by atoms with Crippen LogP contribution in [0.1, 0.15) is 76.0 Å². The highest BCUT2D eigenvalue weighted by molar-refractivity contribution is 6.07. The average Bonchev–Trinajstić information content (AvgIpc) is 3.79. The molecule has 3 saturated heterocycles. The van der Waals surface area contributed by atoms with E-state index in [-0.39, 0.29) is 48.6 Å². The number of methoxy groups -OCH3 is 1. The number of benzene rings is 3. The van der Waals surface area contributed by atoms with Crippen molar-refractivity contribution in [3.63, 3.8) is 0 Å². The number of piperidine rings is 1. The molecule has 5 atom stereocenters. The monoisotopic (exact) mass is 679 g/mol. The number of likely N-dealkylation sites (tertiary alicyclic amines) is 1. The Hall–Kier alpha value is -4.21. The van der Waals surface area contributed by atoms with Crippen molar-refractivity contribution in [3.8, 4) is 5.75 Å². The zero-order valence-corrected chi connectivity index (χ0v) is 29.6. The second kappa shape index (κ2) is 13.5. The molecular formula is C41H49N3O6. The number of aliphatic hydroxyl groups is 1. The number of rotatable bonds is 9. The van der Waals surface area contributed by atoms with Crippen LogP contribution in [0.25, 0.3) is 0 Å². The van der Waals surface area contributed by atoms with E-state index < -0.39 is 17.1 Å². The fourth-order valence-corrected chi connectivity index (χ4v) is 9.31. The Bertz CT molecular complexity index is 1740. The first-order valence-corrected chi connectivity index (χ1v) is 18.1. The summed E-state index contributed by atoms with van der Waals surface area (Å²) in [6, 6.07) is 23.7. The number of carbonyl (C=O) groups is 3. The van der Waals surface area contributed by atoms with Crippen LogP contribution in [0.4, 0.5) is 11.4 Å². The third-order valence-corrected chi connectivity index (χ3v) is 11.9. The van der Waals surface area contributed by atoms with E-state index in [1.54, 1.807) is 12.0 Å². The molecule has 0 radical (unpaired) electrons. The van der Waals surface area contributed by atoms with Gasteiger partial charge in [0.15, 0.2) is 5.60 Å². The van der Waals surface area contributed by atoms with Crippen molar-refractivity contribution >= 4 is 29.1 Å². The average molecular weight is 680 g/mol. The Kier molecular flexibility index (Phi) is 9.24. The van der Waals surface area contributed by atoms with Crippen LogP contribution in [0, 0.1) is 11.8 Å². The number of nitrogens with zero attached hydrogens (tertiary/aromatic N) is 3. The van der Waals surface area contributed by atoms with Crippen LogP contribution in [0.5, 0.6) is 5.75 Å². The SMILES string of the molecule is COc1ccc(C(C)(C)[C@H]2[C@H](CC(=O)N3CCC[C@H]3CO)O[C@@]3(C(=O)N(Cc4ccc(N5CCCCC5=O)cc4)c4ccccc43)[C@@H]2C)cc1. The van der Waals surface area contributed by atoms with Gasteiger partial charge in [-0.1, -0.05) is 63.2 Å². The Labute approximate surface area is 295 Å². The molecule has 3 aromatic rings. The smallest absolute Gasteiger partial charge is 0.264 e. The van der Waals surface area contributed by atoms with Gasteiger partial charge in [-0.3, -0.25) is 14.4 Å². The lowest BCUT2D eigenvalue weighted by molar-refractivity contribution is -0.150. The van der Waals surface area contributed by atoms with E-state index in [0.717, 1.165) is 66.0 Å². The van der Waals surface area contributed by atoms with Crippen molar-refractivity contribution in [1.82, 2.24) is 4.90 Å². The normalized spacial score (nSPS) is 26.6. The van der Waals surface area contributed by atoms with Crippen LogP contribution in [0.3, 0.4) is 0 Å². The van der Waals surface area contributed by atoms with Gasteiger partial charge in [-0.15, -0.1) is 0 Å². The molecule has 1 spiro atoms. The van der Waals surface area contributed by atoms with E-state index >= 15 is 4.79 Å². The number of hydrogen-bond donors (Lipinski definition) is 1. The highest BCUT2D eigenvalue weighted by Gasteiger charge is 2.66. The summed E-state index contributed by atoms with van der Waals surface area (Å²) in [5.74, 6) is 0.261. The van der Waals surface area contributed by atoms with E-state index in [2.05, 4.69) is 32.9 Å². The number of ether oxygens (including phenoxy) is 2. The topological polar surface area (TPSA) is 99.6 Å². The van der Waals surface area contributed by atoms with Gasteiger partial charge in [-0.2, -0.15) is 0 Å². The van der Waals surface area contributed by atoms with Gasteiger partial charge in [0.25, 0.3) is 5.91 Å². The highest BCUT2D eigenvalue weighted by atomic mass is 16.5. The van der Waals surface area contributed by atoms with Crippen molar-refractivity contribution < 1.29 is 29.0 Å². The highest BCUT2D eigenvalue weighted by Crippen LogP contribution is 2.60. The Morgan fingerprint density at radius 3 is 2.42 bits per heavy atom. The van der Waals surface area contributed by atoms with Gasteiger partial charge in [-0.05, 0) is 72.6 Å². The molecule has 0 unspecified atom stereocenters. The Morgan fingerprint density at radius 2 is 1.72 bits per heavy atom. The number of fused-ring (bicyclic) bond motifs is 2. The maximum absolute atomic E-state index is 15.0. The molecule has 9 heteroatoms. The van der Waals surface area contributed by atoms with Gasteiger partial charge in [0.05, 0.1) is 44.5 Å². The van der Waals surface area contributed by atoms with Crippen molar-refractivity contribution in [2.75, 3.05) is 36.6 Å². The lowest BCUT2D eigenvalue weighted by Crippen LogP contribution is -2.45. The summed E-state index contributed by atoms with van der Waals surface area (Å²) in [6.45, 7) is 8.10. The lowest BCUT2D eigenvalue weighted by Gasteiger charge is -2.39. The predicted molar refractivity (Wildman–Crippen MR) is 192 cm³/mol. The molecule has 0 saturated carbocycles. The van der Waals surface area contributed by atoms with Gasteiger partial charge in [0, 0.05) is 42.6 Å². The van der Waals surface area contributed by atoms with E-state index in [4.69, 9.17) is 9.47 Å². The molecule has 3 fully saturated rings. The standard InChI is InChI=1S/C41H49N3O6/c1-27-38(40(2,3)29-16-20-32(49-4)21-17-29)35(24-37(47)43-23-9-10-31(43)26-45)50-41(27)33-11-5-6-12-34(33)44(39(41)48)25-28-14-18-30(19-15-28)42-22-8-7-13-36(42)46/h5-6,11-12,14-21,27,31,35,38,45H,7-10,13,22-26H2,1-4H3/t27-,31+,35+,38-,41+/m1/s1. The molecule has 7 rings (SSSR count). The molecule has 9 nitrogen and oxygen atoms in total. The third-order valence-electron chi connectivity index (χ3n) is 11.9. The second-order valence-electron chi connectivity index (χ2n) is 15.0. The summed E-state index contributed by atoms with van der Waals surface area (Å²) in [4.78, 5) is 47.0. The summed E-state index contributed by atoms with van der Waals surface area (Å²) in [5.41, 5.74) is 2.79. The number of hydrogen-bond acceptors (Lipinski definition) is 6. The third kappa shape index (κ3) is 5.68. The van der Waals surface area contributed by atoms with Crippen LogP contribution < -0.4 is 14.5 Å². The molecule has 50 heavy (non-hydrogen) atoms. The first-order chi connectivity index (χ1) is 24.1. The molecule has 0 aromatic heterocycles. The first-order valence-electron chi connectivity index (χ1n) is 18.1. The van der Waals surface area contributed by atoms with Gasteiger partial charge >= 0.3 is 0 Å². The van der Waals surface area contributed by atoms with Crippen molar-refractivity contribution in [1.29, 1.82) is 0 Å². The molecule has 4 heterocycles. The van der Waals surface area contributed by atoms with Crippen LogP contribution in [-0.2, 0) is 36.7 Å². The number of carbonyl (C=O) groups excluding carboxylic acids is 3. The molecule has 264 valence electrons. The zero-order chi connectivity index (χ0) is 35.2. The number of amides is 3. The fourth-order valence-electron chi connectivity index (χ4n) is 9.31. The molecule has 0 aliphatic carbocycles. The molecule has 3 amide bonds. The number of anilines is 2. The Morgan fingerprint density at radius 1 is 0.980 bits per heavy atom. The maximum Gasteiger partial charge on any atom is 0.264 e. The molecule has 4 aliphatic rings. The van der Waals surface area contributed by atoms with Gasteiger partial charge < -0.3 is 29.3 Å². The van der Waals surface area contributed by atoms with Crippen molar-refractivity contribution in [2.24, 2.45) is 11.8 Å². The predicted octanol–water partition coefficient (Wildman–Crippen LogP) is 5.96. The Balaban J connectivity index is 1.24. The zero-order valence-electron chi connectivity index (χ0n) is 29.6. The van der Waals surface area contributed by atoms with Gasteiger partial charge in [-0.25, -0.2) is 0 Å². The lowest BCUT2D eigenvalue weighted by atomic mass is 9.63. The van der Waals surface area contributed by atoms with Crippen LogP contribution >= 0.6 is 0 Å². The van der Waals surface area contributed by atoms with E-state index in [1.165, 1.54) is 0 Å². The summed E-state index contributed by atoms with van der Waals surface area (Å²) >= 11 is 0. The van der Waals surface area contributed by atoms with Gasteiger partial charge in [0.1, 0.15) is 5.75 Å². The summed E-state index contributed by atoms with van der Waals surface area (Å²) in [5, 5.41) is 10.0.